The zero-order valence-electron chi connectivity index (χ0n) is 11.1. The summed E-state index contributed by atoms with van der Waals surface area (Å²) in [5.74, 6) is 0.684. The van der Waals surface area contributed by atoms with Crippen molar-refractivity contribution in [2.75, 3.05) is 24.8 Å². The number of anilines is 2. The number of nitrogens with zero attached hydrogens (tertiary/aromatic N) is 1. The second kappa shape index (κ2) is 5.85. The summed E-state index contributed by atoms with van der Waals surface area (Å²) in [5.41, 5.74) is 8.72. The first kappa shape index (κ1) is 13.6. The maximum atomic E-state index is 6.17. The van der Waals surface area contributed by atoms with Crippen molar-refractivity contribution in [3.8, 4) is 5.75 Å². The summed E-state index contributed by atoms with van der Waals surface area (Å²) in [7, 11) is 3.60. The van der Waals surface area contributed by atoms with Gasteiger partial charge in [-0.1, -0.05) is 35.9 Å². The molecule has 0 aromatic heterocycles. The minimum absolute atomic E-state index is 0.638. The lowest BCUT2D eigenvalue weighted by molar-refractivity contribution is 0.417. The summed E-state index contributed by atoms with van der Waals surface area (Å²) in [6.07, 6.45) is 0. The second-order valence-corrected chi connectivity index (χ2v) is 4.75. The number of benzene rings is 2. The molecule has 0 saturated carbocycles. The molecule has 0 aliphatic carbocycles. The first-order valence-electron chi connectivity index (χ1n) is 6.00. The topological polar surface area (TPSA) is 38.5 Å². The Labute approximate surface area is 118 Å². The van der Waals surface area contributed by atoms with Crippen LogP contribution in [0.1, 0.15) is 5.56 Å². The molecule has 0 unspecified atom stereocenters. The van der Waals surface area contributed by atoms with Crippen LogP contribution in [0.25, 0.3) is 0 Å². The molecule has 100 valence electrons. The van der Waals surface area contributed by atoms with Crippen LogP contribution < -0.4 is 15.4 Å². The fraction of sp³-hybridized carbons (Fsp3) is 0.200. The first-order valence-corrected chi connectivity index (χ1v) is 6.38. The summed E-state index contributed by atoms with van der Waals surface area (Å²) in [5, 5.41) is 0.760. The average Bonchev–Trinajstić information content (AvgIpc) is 2.41. The lowest BCUT2D eigenvalue weighted by Gasteiger charge is -2.22. The van der Waals surface area contributed by atoms with Gasteiger partial charge in [-0.2, -0.15) is 0 Å². The minimum Gasteiger partial charge on any atom is -0.495 e. The lowest BCUT2D eigenvalue weighted by Crippen LogP contribution is -2.18. The molecule has 0 radical (unpaired) electrons. The van der Waals surface area contributed by atoms with Crippen LogP contribution in [-0.4, -0.2) is 14.2 Å². The molecule has 3 nitrogen and oxygen atoms in total. The van der Waals surface area contributed by atoms with Crippen molar-refractivity contribution in [3.05, 3.63) is 53.1 Å². The minimum atomic E-state index is 0.638. The third-order valence-corrected chi connectivity index (χ3v) is 3.41. The van der Waals surface area contributed by atoms with Crippen molar-refractivity contribution in [1.29, 1.82) is 0 Å². The van der Waals surface area contributed by atoms with Crippen molar-refractivity contribution in [2.24, 2.45) is 0 Å². The summed E-state index contributed by atoms with van der Waals surface area (Å²) in [6, 6.07) is 13.5. The monoisotopic (exact) mass is 276 g/mol. The molecule has 2 aromatic rings. The number of halogens is 1. The van der Waals surface area contributed by atoms with E-state index in [2.05, 4.69) is 4.90 Å². The van der Waals surface area contributed by atoms with Crippen LogP contribution in [0.15, 0.2) is 42.5 Å². The lowest BCUT2D eigenvalue weighted by atomic mass is 10.2. The highest BCUT2D eigenvalue weighted by molar-refractivity contribution is 6.31. The van der Waals surface area contributed by atoms with E-state index < -0.39 is 0 Å². The fourth-order valence-electron chi connectivity index (χ4n) is 2.01. The largest absolute Gasteiger partial charge is 0.495 e. The Morgan fingerprint density at radius 1 is 1.16 bits per heavy atom. The summed E-state index contributed by atoms with van der Waals surface area (Å²) in [6.45, 7) is 0.692. The highest BCUT2D eigenvalue weighted by Gasteiger charge is 2.10. The molecule has 4 heteroatoms. The van der Waals surface area contributed by atoms with Gasteiger partial charge >= 0.3 is 0 Å². The van der Waals surface area contributed by atoms with Crippen LogP contribution in [-0.2, 0) is 6.54 Å². The number of hydrogen-bond donors (Lipinski definition) is 1. The van der Waals surface area contributed by atoms with Crippen LogP contribution in [0.3, 0.4) is 0 Å². The Balaban J connectivity index is 2.26. The second-order valence-electron chi connectivity index (χ2n) is 4.34. The summed E-state index contributed by atoms with van der Waals surface area (Å²) >= 11 is 6.17. The van der Waals surface area contributed by atoms with E-state index in [1.807, 2.05) is 49.5 Å². The van der Waals surface area contributed by atoms with Gasteiger partial charge in [-0.15, -0.1) is 0 Å². The maximum absolute atomic E-state index is 6.17. The Hall–Kier alpha value is -1.87. The van der Waals surface area contributed by atoms with Crippen molar-refractivity contribution < 1.29 is 4.74 Å². The van der Waals surface area contributed by atoms with Gasteiger partial charge in [-0.3, -0.25) is 0 Å². The van der Waals surface area contributed by atoms with Gasteiger partial charge in [0.2, 0.25) is 0 Å². The quantitative estimate of drug-likeness (QED) is 0.868. The van der Waals surface area contributed by atoms with Crippen LogP contribution in [0.5, 0.6) is 5.75 Å². The Morgan fingerprint density at radius 2 is 1.89 bits per heavy atom. The van der Waals surface area contributed by atoms with Crippen LogP contribution in [0.4, 0.5) is 11.4 Å². The van der Waals surface area contributed by atoms with E-state index in [0.717, 1.165) is 16.3 Å². The molecular formula is C15H17ClN2O. The summed E-state index contributed by atoms with van der Waals surface area (Å²) < 4.78 is 5.23. The highest BCUT2D eigenvalue weighted by atomic mass is 35.5. The van der Waals surface area contributed by atoms with Crippen LogP contribution in [0, 0.1) is 0 Å². The van der Waals surface area contributed by atoms with E-state index in [0.29, 0.717) is 18.0 Å². The van der Waals surface area contributed by atoms with E-state index in [4.69, 9.17) is 22.1 Å². The van der Waals surface area contributed by atoms with E-state index in [1.54, 1.807) is 7.11 Å². The maximum Gasteiger partial charge on any atom is 0.143 e. The SMILES string of the molecule is COc1cccc(N(C)Cc2ccccc2Cl)c1N. The van der Waals surface area contributed by atoms with Crippen molar-refractivity contribution in [2.45, 2.75) is 6.54 Å². The zero-order chi connectivity index (χ0) is 13.8. The normalized spacial score (nSPS) is 10.3. The molecular weight excluding hydrogens is 260 g/mol. The van der Waals surface area contributed by atoms with Gasteiger partial charge in [-0.25, -0.2) is 0 Å². The van der Waals surface area contributed by atoms with Gasteiger partial charge in [0, 0.05) is 18.6 Å². The Bertz CT molecular complexity index is 572. The number of nitrogens with two attached hydrogens (primary N) is 1. The van der Waals surface area contributed by atoms with Gasteiger partial charge in [-0.05, 0) is 23.8 Å². The standard InChI is InChI=1S/C15H17ClN2O/c1-18(10-11-6-3-4-7-12(11)16)13-8-5-9-14(19-2)15(13)17/h3-9H,10,17H2,1-2H3. The fourth-order valence-corrected chi connectivity index (χ4v) is 2.21. The van der Waals surface area contributed by atoms with E-state index in [-0.39, 0.29) is 0 Å². The van der Waals surface area contributed by atoms with Gasteiger partial charge in [0.15, 0.2) is 0 Å². The molecule has 0 fully saturated rings. The molecule has 0 aliphatic rings. The number of ether oxygens (including phenoxy) is 1. The molecule has 0 bridgehead atoms. The predicted octanol–water partition coefficient (Wildman–Crippen LogP) is 3.57. The van der Waals surface area contributed by atoms with E-state index >= 15 is 0 Å². The van der Waals surface area contributed by atoms with E-state index in [9.17, 15) is 0 Å². The molecule has 2 N–H and O–H groups in total. The van der Waals surface area contributed by atoms with Crippen molar-refractivity contribution in [3.63, 3.8) is 0 Å². The molecule has 2 rings (SSSR count). The van der Waals surface area contributed by atoms with Crippen LogP contribution >= 0.6 is 11.6 Å². The number of para-hydroxylation sites is 1. The number of methoxy groups -OCH3 is 1. The number of nitrogen functional groups attached to an aromatic ring is 1. The van der Waals surface area contributed by atoms with Crippen molar-refractivity contribution >= 4 is 23.0 Å². The molecule has 0 saturated heterocycles. The molecule has 19 heavy (non-hydrogen) atoms. The molecule has 2 aromatic carbocycles. The smallest absolute Gasteiger partial charge is 0.143 e. The first-order chi connectivity index (χ1) is 9.13. The third kappa shape index (κ3) is 2.93. The molecule has 0 amide bonds. The number of hydrogen-bond acceptors (Lipinski definition) is 3. The highest BCUT2D eigenvalue weighted by Crippen LogP contribution is 2.32. The van der Waals surface area contributed by atoms with Crippen molar-refractivity contribution in [1.82, 2.24) is 0 Å². The average molecular weight is 277 g/mol. The zero-order valence-corrected chi connectivity index (χ0v) is 11.8. The van der Waals surface area contributed by atoms with Gasteiger partial charge in [0.25, 0.3) is 0 Å². The third-order valence-electron chi connectivity index (χ3n) is 3.04. The van der Waals surface area contributed by atoms with Crippen LogP contribution in [0.2, 0.25) is 5.02 Å². The Kier molecular flexibility index (Phi) is 4.17. The number of rotatable bonds is 4. The predicted molar refractivity (Wildman–Crippen MR) is 81.0 cm³/mol. The Morgan fingerprint density at radius 3 is 2.58 bits per heavy atom. The molecule has 0 heterocycles. The van der Waals surface area contributed by atoms with Gasteiger partial charge in [0.1, 0.15) is 5.75 Å². The molecule has 0 atom stereocenters. The summed E-state index contributed by atoms with van der Waals surface area (Å²) in [4.78, 5) is 2.05. The van der Waals surface area contributed by atoms with Gasteiger partial charge in [0.05, 0.1) is 18.5 Å². The van der Waals surface area contributed by atoms with E-state index in [1.165, 1.54) is 0 Å². The molecule has 0 aliphatic heterocycles. The molecule has 0 spiro atoms. The van der Waals surface area contributed by atoms with Gasteiger partial charge < -0.3 is 15.4 Å².